The first-order chi connectivity index (χ1) is 7.11. The van der Waals surface area contributed by atoms with Crippen LogP contribution in [0.1, 0.15) is 37.7 Å². The fourth-order valence-corrected chi connectivity index (χ4v) is 2.05. The molecule has 82 valence electrons. The van der Waals surface area contributed by atoms with Gasteiger partial charge >= 0.3 is 0 Å². The minimum Gasteiger partial charge on any atom is -0.325 e. The Morgan fingerprint density at radius 2 is 1.93 bits per heavy atom. The predicted octanol–water partition coefficient (Wildman–Crippen LogP) is 3.01. The van der Waals surface area contributed by atoms with Gasteiger partial charge in [-0.2, -0.15) is 0 Å². The molecule has 2 atom stereocenters. The van der Waals surface area contributed by atoms with E-state index in [4.69, 9.17) is 5.73 Å². The van der Waals surface area contributed by atoms with Gasteiger partial charge in [0, 0.05) is 11.5 Å². The van der Waals surface area contributed by atoms with Crippen molar-refractivity contribution in [2.75, 3.05) is 0 Å². The van der Waals surface area contributed by atoms with Crippen molar-refractivity contribution in [1.29, 1.82) is 0 Å². The summed E-state index contributed by atoms with van der Waals surface area (Å²) in [5.74, 6) is -0.0429. The summed E-state index contributed by atoms with van der Waals surface area (Å²) < 4.78 is 13.6. The molecule has 2 unspecified atom stereocenters. The van der Waals surface area contributed by atoms with E-state index in [1.54, 1.807) is 6.92 Å². The van der Waals surface area contributed by atoms with Crippen molar-refractivity contribution in [2.45, 2.75) is 43.8 Å². The molecule has 2 N–H and O–H groups in total. The van der Waals surface area contributed by atoms with Crippen molar-refractivity contribution >= 4 is 0 Å². The first-order valence-corrected chi connectivity index (χ1v) is 5.59. The van der Waals surface area contributed by atoms with Crippen LogP contribution in [-0.2, 0) is 0 Å². The summed E-state index contributed by atoms with van der Waals surface area (Å²) in [5, 5.41) is 0. The van der Waals surface area contributed by atoms with Crippen LogP contribution < -0.4 is 5.73 Å². The van der Waals surface area contributed by atoms with Gasteiger partial charge in [-0.3, -0.25) is 0 Å². The van der Waals surface area contributed by atoms with Crippen molar-refractivity contribution < 1.29 is 4.39 Å². The lowest BCUT2D eigenvalue weighted by Gasteiger charge is -2.22. The second-order valence-corrected chi connectivity index (χ2v) is 4.76. The number of rotatable bonds is 4. The van der Waals surface area contributed by atoms with Crippen molar-refractivity contribution in [3.05, 3.63) is 35.9 Å². The van der Waals surface area contributed by atoms with Gasteiger partial charge in [0.05, 0.1) is 0 Å². The monoisotopic (exact) mass is 207 g/mol. The average molecular weight is 207 g/mol. The maximum absolute atomic E-state index is 13.6. The Morgan fingerprint density at radius 1 is 1.33 bits per heavy atom. The Balaban J connectivity index is 2.13. The van der Waals surface area contributed by atoms with E-state index in [-0.39, 0.29) is 11.5 Å². The highest BCUT2D eigenvalue weighted by Gasteiger charge is 2.41. The van der Waals surface area contributed by atoms with E-state index in [0.717, 1.165) is 24.8 Å². The minimum absolute atomic E-state index is 0.0429. The predicted molar refractivity (Wildman–Crippen MR) is 60.5 cm³/mol. The van der Waals surface area contributed by atoms with Crippen LogP contribution in [0.15, 0.2) is 30.3 Å². The quantitative estimate of drug-likeness (QED) is 0.807. The highest BCUT2D eigenvalue weighted by molar-refractivity contribution is 5.22. The lowest BCUT2D eigenvalue weighted by Crippen LogP contribution is -2.27. The topological polar surface area (TPSA) is 26.0 Å². The standard InChI is InChI=1S/C13H18FN/c1-10(14)12(9-13(15)7-8-13)11-5-3-2-4-6-11/h2-6,10,12H,7-9,15H2,1H3. The lowest BCUT2D eigenvalue weighted by molar-refractivity contribution is 0.281. The molecule has 1 aromatic rings. The molecular formula is C13H18FN. The van der Waals surface area contributed by atoms with E-state index in [1.165, 1.54) is 0 Å². The first kappa shape index (κ1) is 10.6. The summed E-state index contributed by atoms with van der Waals surface area (Å²) >= 11 is 0. The molecule has 1 aromatic carbocycles. The molecule has 2 heteroatoms. The van der Waals surface area contributed by atoms with Crippen LogP contribution >= 0.6 is 0 Å². The summed E-state index contributed by atoms with van der Waals surface area (Å²) in [6, 6.07) is 9.86. The fraction of sp³-hybridized carbons (Fsp3) is 0.538. The molecule has 1 saturated carbocycles. The third-order valence-electron chi connectivity index (χ3n) is 3.30. The van der Waals surface area contributed by atoms with Crippen LogP contribution in [0.3, 0.4) is 0 Å². The van der Waals surface area contributed by atoms with E-state index < -0.39 is 6.17 Å². The van der Waals surface area contributed by atoms with Gasteiger partial charge in [0.25, 0.3) is 0 Å². The molecule has 0 spiro atoms. The maximum atomic E-state index is 13.6. The molecule has 0 bridgehead atoms. The van der Waals surface area contributed by atoms with E-state index in [0.29, 0.717) is 0 Å². The number of hydrogen-bond acceptors (Lipinski definition) is 1. The lowest BCUT2D eigenvalue weighted by atomic mass is 9.88. The Morgan fingerprint density at radius 3 is 2.40 bits per heavy atom. The van der Waals surface area contributed by atoms with Crippen LogP contribution in [0.25, 0.3) is 0 Å². The highest BCUT2D eigenvalue weighted by Crippen LogP contribution is 2.42. The van der Waals surface area contributed by atoms with Gasteiger partial charge in [-0.05, 0) is 31.7 Å². The second-order valence-electron chi connectivity index (χ2n) is 4.76. The van der Waals surface area contributed by atoms with Gasteiger partial charge in [0.15, 0.2) is 0 Å². The van der Waals surface area contributed by atoms with Crippen LogP contribution in [0.4, 0.5) is 4.39 Å². The van der Waals surface area contributed by atoms with E-state index >= 15 is 0 Å². The number of benzene rings is 1. The zero-order valence-electron chi connectivity index (χ0n) is 9.12. The Labute approximate surface area is 90.5 Å². The highest BCUT2D eigenvalue weighted by atomic mass is 19.1. The first-order valence-electron chi connectivity index (χ1n) is 5.59. The summed E-state index contributed by atoms with van der Waals surface area (Å²) in [6.45, 7) is 1.63. The Hall–Kier alpha value is -0.890. The van der Waals surface area contributed by atoms with Gasteiger partial charge in [0.1, 0.15) is 6.17 Å². The van der Waals surface area contributed by atoms with Crippen molar-refractivity contribution in [2.24, 2.45) is 5.73 Å². The zero-order valence-corrected chi connectivity index (χ0v) is 9.12. The summed E-state index contributed by atoms with van der Waals surface area (Å²) in [6.07, 6.45) is 2.04. The summed E-state index contributed by atoms with van der Waals surface area (Å²) in [4.78, 5) is 0. The Kier molecular flexibility index (Phi) is 2.79. The van der Waals surface area contributed by atoms with Gasteiger partial charge in [-0.1, -0.05) is 30.3 Å². The Bertz CT molecular complexity index is 317. The molecule has 2 rings (SSSR count). The van der Waals surface area contributed by atoms with Crippen LogP contribution in [0, 0.1) is 0 Å². The van der Waals surface area contributed by atoms with Crippen LogP contribution in [-0.4, -0.2) is 11.7 Å². The molecule has 0 heterocycles. The number of nitrogens with two attached hydrogens (primary N) is 1. The molecule has 1 nitrogen and oxygen atoms in total. The average Bonchev–Trinajstić information content (AvgIpc) is 2.95. The number of hydrogen-bond donors (Lipinski definition) is 1. The van der Waals surface area contributed by atoms with Gasteiger partial charge in [-0.15, -0.1) is 0 Å². The second kappa shape index (κ2) is 3.93. The molecule has 15 heavy (non-hydrogen) atoms. The zero-order chi connectivity index (χ0) is 10.9. The number of halogens is 1. The SMILES string of the molecule is CC(F)C(CC1(N)CC1)c1ccccc1. The molecule has 1 fully saturated rings. The number of alkyl halides is 1. The largest absolute Gasteiger partial charge is 0.325 e. The molecule has 0 aromatic heterocycles. The smallest absolute Gasteiger partial charge is 0.104 e. The van der Waals surface area contributed by atoms with Gasteiger partial charge in [0.2, 0.25) is 0 Å². The minimum atomic E-state index is -0.826. The fourth-order valence-electron chi connectivity index (χ4n) is 2.05. The third-order valence-corrected chi connectivity index (χ3v) is 3.30. The molecule has 1 aliphatic carbocycles. The van der Waals surface area contributed by atoms with Crippen molar-refractivity contribution in [3.63, 3.8) is 0 Å². The normalized spacial score (nSPS) is 22.1. The van der Waals surface area contributed by atoms with E-state index in [9.17, 15) is 4.39 Å². The third kappa shape index (κ3) is 2.57. The van der Waals surface area contributed by atoms with Gasteiger partial charge in [-0.25, -0.2) is 4.39 Å². The summed E-state index contributed by atoms with van der Waals surface area (Å²) in [7, 11) is 0. The maximum Gasteiger partial charge on any atom is 0.104 e. The molecule has 1 aliphatic rings. The molecule has 0 aliphatic heterocycles. The van der Waals surface area contributed by atoms with E-state index in [2.05, 4.69) is 0 Å². The van der Waals surface area contributed by atoms with Crippen molar-refractivity contribution in [1.82, 2.24) is 0 Å². The van der Waals surface area contributed by atoms with Gasteiger partial charge < -0.3 is 5.73 Å². The van der Waals surface area contributed by atoms with E-state index in [1.807, 2.05) is 30.3 Å². The molecular weight excluding hydrogens is 189 g/mol. The molecule has 0 radical (unpaired) electrons. The molecule has 0 saturated heterocycles. The van der Waals surface area contributed by atoms with Crippen molar-refractivity contribution in [3.8, 4) is 0 Å². The molecule has 0 amide bonds. The van der Waals surface area contributed by atoms with Crippen LogP contribution in [0.5, 0.6) is 0 Å². The summed E-state index contributed by atoms with van der Waals surface area (Å²) in [5.41, 5.74) is 7.05. The van der Waals surface area contributed by atoms with Crippen LogP contribution in [0.2, 0.25) is 0 Å².